The molecule has 0 unspecified atom stereocenters. The minimum Gasteiger partial charge on any atom is -0.362 e. The molecule has 1 aliphatic rings. The fraction of sp³-hybridized carbons (Fsp3) is 0.357. The van der Waals surface area contributed by atoms with Gasteiger partial charge in [-0.05, 0) is 49.9 Å². The molecule has 2 aromatic carbocycles. The Labute approximate surface area is 216 Å². The molecule has 5 rings (SSSR count). The number of para-hydroxylation sites is 2. The first-order valence-electron chi connectivity index (χ1n) is 12.8. The summed E-state index contributed by atoms with van der Waals surface area (Å²) in [4.78, 5) is 22.6. The summed E-state index contributed by atoms with van der Waals surface area (Å²) in [5, 5.41) is 19.7. The molecule has 4 aromatic rings. The Kier molecular flexibility index (Phi) is 7.32. The largest absolute Gasteiger partial charge is 0.362 e. The molecule has 9 nitrogen and oxygen atoms in total. The zero-order valence-corrected chi connectivity index (χ0v) is 21.3. The first kappa shape index (κ1) is 24.7. The van der Waals surface area contributed by atoms with Gasteiger partial charge in [-0.1, -0.05) is 30.3 Å². The van der Waals surface area contributed by atoms with Crippen molar-refractivity contribution >= 4 is 28.4 Å². The van der Waals surface area contributed by atoms with Crippen LogP contribution in [-0.2, 0) is 13.1 Å². The summed E-state index contributed by atoms with van der Waals surface area (Å²) in [6, 6.07) is 19.9. The summed E-state index contributed by atoms with van der Waals surface area (Å²) in [6.45, 7) is 1.22. The van der Waals surface area contributed by atoms with Crippen LogP contribution in [0.25, 0.3) is 10.9 Å². The van der Waals surface area contributed by atoms with Crippen LogP contribution in [0.15, 0.2) is 66.9 Å². The fourth-order valence-electron chi connectivity index (χ4n) is 5.11. The molecule has 9 heteroatoms. The van der Waals surface area contributed by atoms with Gasteiger partial charge < -0.3 is 20.1 Å². The predicted octanol–water partition coefficient (Wildman–Crippen LogP) is 4.97. The van der Waals surface area contributed by atoms with Gasteiger partial charge in [-0.25, -0.2) is 4.98 Å². The van der Waals surface area contributed by atoms with E-state index in [0.29, 0.717) is 30.1 Å². The van der Waals surface area contributed by atoms with Crippen LogP contribution in [0.3, 0.4) is 0 Å². The number of nitrogens with one attached hydrogen (secondary N) is 2. The second-order valence-corrected chi connectivity index (χ2v) is 9.87. The van der Waals surface area contributed by atoms with E-state index < -0.39 is 0 Å². The van der Waals surface area contributed by atoms with E-state index in [-0.39, 0.29) is 10.6 Å². The summed E-state index contributed by atoms with van der Waals surface area (Å²) < 4.78 is 2.09. The van der Waals surface area contributed by atoms with Crippen LogP contribution >= 0.6 is 0 Å². The van der Waals surface area contributed by atoms with Crippen LogP contribution < -0.4 is 15.5 Å². The van der Waals surface area contributed by atoms with Crippen molar-refractivity contribution in [3.63, 3.8) is 0 Å². The number of nitro benzene ring substituents is 1. The van der Waals surface area contributed by atoms with Crippen LogP contribution in [0, 0.1) is 10.1 Å². The highest BCUT2D eigenvalue weighted by Gasteiger charge is 2.22. The smallest absolute Gasteiger partial charge is 0.274 e. The molecule has 2 heterocycles. The van der Waals surface area contributed by atoms with Crippen molar-refractivity contribution in [2.75, 3.05) is 24.3 Å². The number of hydrogen-bond donors (Lipinski definition) is 2. The summed E-state index contributed by atoms with van der Waals surface area (Å²) >= 11 is 0. The third-order valence-corrected chi connectivity index (χ3v) is 7.09. The highest BCUT2D eigenvalue weighted by atomic mass is 16.6. The maximum absolute atomic E-state index is 11.4. The molecule has 2 aromatic heterocycles. The van der Waals surface area contributed by atoms with E-state index in [1.807, 2.05) is 61.6 Å². The fourth-order valence-corrected chi connectivity index (χ4v) is 5.11. The molecule has 0 saturated heterocycles. The van der Waals surface area contributed by atoms with Gasteiger partial charge in [0, 0.05) is 61.6 Å². The molecular weight excluding hydrogens is 466 g/mol. The molecule has 0 bridgehead atoms. The second-order valence-electron chi connectivity index (χ2n) is 9.87. The van der Waals surface area contributed by atoms with Crippen LogP contribution in [-0.4, -0.2) is 45.6 Å². The Balaban J connectivity index is 1.16. The van der Waals surface area contributed by atoms with Crippen LogP contribution in [0.2, 0.25) is 0 Å². The van der Waals surface area contributed by atoms with Gasteiger partial charge in [0.05, 0.1) is 17.0 Å². The van der Waals surface area contributed by atoms with Crippen LogP contribution in [0.5, 0.6) is 0 Å². The van der Waals surface area contributed by atoms with Crippen molar-refractivity contribution in [1.29, 1.82) is 0 Å². The molecular formula is C28H33N7O2. The number of hydrogen-bond acceptors (Lipinski definition) is 7. The average Bonchev–Trinajstić information content (AvgIpc) is 3.34. The SMILES string of the molecule is CN(C)c1nc(NC2CCC(NCc3cccn3Cc3ccccc3[N+](=O)[O-])CC2)nc2ccccc12. The van der Waals surface area contributed by atoms with Crippen molar-refractivity contribution in [2.45, 2.75) is 50.9 Å². The number of rotatable bonds is 9. The van der Waals surface area contributed by atoms with Crippen molar-refractivity contribution in [3.8, 4) is 0 Å². The monoisotopic (exact) mass is 499 g/mol. The number of nitrogens with zero attached hydrogens (tertiary/aromatic N) is 5. The maximum Gasteiger partial charge on any atom is 0.274 e. The number of aromatic nitrogens is 3. The molecule has 192 valence electrons. The van der Waals surface area contributed by atoms with E-state index in [4.69, 9.17) is 9.97 Å². The van der Waals surface area contributed by atoms with Gasteiger partial charge >= 0.3 is 0 Å². The van der Waals surface area contributed by atoms with E-state index >= 15 is 0 Å². The quantitative estimate of drug-likeness (QED) is 0.248. The normalized spacial score (nSPS) is 17.6. The van der Waals surface area contributed by atoms with Crippen molar-refractivity contribution < 1.29 is 4.92 Å². The molecule has 1 aliphatic carbocycles. The predicted molar refractivity (Wildman–Crippen MR) is 147 cm³/mol. The third-order valence-electron chi connectivity index (χ3n) is 7.09. The van der Waals surface area contributed by atoms with Gasteiger partial charge in [0.1, 0.15) is 5.82 Å². The van der Waals surface area contributed by atoms with Crippen molar-refractivity contribution in [3.05, 3.63) is 88.2 Å². The Morgan fingerprint density at radius 1 is 0.973 bits per heavy atom. The van der Waals surface area contributed by atoms with Crippen molar-refractivity contribution in [2.24, 2.45) is 0 Å². The molecule has 0 atom stereocenters. The van der Waals surface area contributed by atoms with Crippen molar-refractivity contribution in [1.82, 2.24) is 19.9 Å². The minimum absolute atomic E-state index is 0.161. The van der Waals surface area contributed by atoms with Gasteiger partial charge in [0.15, 0.2) is 0 Å². The molecule has 2 N–H and O–H groups in total. The summed E-state index contributed by atoms with van der Waals surface area (Å²) in [5.74, 6) is 1.61. The molecule has 1 fully saturated rings. The van der Waals surface area contributed by atoms with Gasteiger partial charge in [-0.2, -0.15) is 4.98 Å². The third kappa shape index (κ3) is 5.72. The summed E-state index contributed by atoms with van der Waals surface area (Å²) in [6.07, 6.45) is 6.21. The first-order valence-corrected chi connectivity index (χ1v) is 12.8. The highest BCUT2D eigenvalue weighted by molar-refractivity contribution is 5.90. The zero-order valence-electron chi connectivity index (χ0n) is 21.3. The minimum atomic E-state index is -0.312. The van der Waals surface area contributed by atoms with Gasteiger partial charge in [-0.3, -0.25) is 10.1 Å². The lowest BCUT2D eigenvalue weighted by Gasteiger charge is -2.30. The maximum atomic E-state index is 11.4. The Morgan fingerprint density at radius 2 is 1.70 bits per heavy atom. The van der Waals surface area contributed by atoms with E-state index in [9.17, 15) is 10.1 Å². The lowest BCUT2D eigenvalue weighted by atomic mass is 9.91. The highest BCUT2D eigenvalue weighted by Crippen LogP contribution is 2.27. The molecule has 37 heavy (non-hydrogen) atoms. The Morgan fingerprint density at radius 3 is 2.49 bits per heavy atom. The molecule has 1 saturated carbocycles. The first-order chi connectivity index (χ1) is 18.0. The molecule has 0 spiro atoms. The number of anilines is 2. The summed E-state index contributed by atoms with van der Waals surface area (Å²) in [7, 11) is 4.01. The lowest BCUT2D eigenvalue weighted by molar-refractivity contribution is -0.385. The standard InChI is InChI=1S/C28H33N7O2/c1-33(2)27-24-10-4-5-11-25(24)31-28(32-27)30-22-15-13-21(14-16-22)29-18-23-9-7-17-34(23)19-20-8-3-6-12-26(20)35(36)37/h3-12,17,21-22,29H,13-16,18-19H2,1-2H3,(H,30,31,32). The zero-order chi connectivity index (χ0) is 25.8. The molecule has 0 aliphatic heterocycles. The topological polar surface area (TPSA) is 101 Å². The van der Waals surface area contributed by atoms with E-state index in [0.717, 1.165) is 54.6 Å². The Hall–Kier alpha value is -3.98. The summed E-state index contributed by atoms with van der Waals surface area (Å²) in [5.41, 5.74) is 2.95. The lowest BCUT2D eigenvalue weighted by Crippen LogP contribution is -2.37. The van der Waals surface area contributed by atoms with Crippen LogP contribution in [0.1, 0.15) is 36.9 Å². The number of fused-ring (bicyclic) bond motifs is 1. The second kappa shape index (κ2) is 11.0. The molecule has 0 amide bonds. The van der Waals surface area contributed by atoms with Gasteiger partial charge in [0.2, 0.25) is 5.95 Å². The van der Waals surface area contributed by atoms with Crippen LogP contribution in [0.4, 0.5) is 17.5 Å². The number of benzene rings is 2. The van der Waals surface area contributed by atoms with Gasteiger partial charge in [0.25, 0.3) is 5.69 Å². The van der Waals surface area contributed by atoms with E-state index in [1.165, 1.54) is 0 Å². The van der Waals surface area contributed by atoms with Gasteiger partial charge in [-0.15, -0.1) is 0 Å². The van der Waals surface area contributed by atoms with E-state index in [2.05, 4.69) is 27.3 Å². The number of nitro groups is 1. The molecule has 0 radical (unpaired) electrons. The Bertz CT molecular complexity index is 1380. The van der Waals surface area contributed by atoms with E-state index in [1.54, 1.807) is 12.1 Å². The average molecular weight is 500 g/mol.